The number of allylic oxidation sites excluding steroid dienone is 1. The summed E-state index contributed by atoms with van der Waals surface area (Å²) in [6.07, 6.45) is 8.18. The number of benzene rings is 1. The Morgan fingerprint density at radius 1 is 1.13 bits per heavy atom. The quantitative estimate of drug-likeness (QED) is 0.316. The van der Waals surface area contributed by atoms with Gasteiger partial charge in [0.05, 0.1) is 24.7 Å². The number of nitrogens with zero attached hydrogens (tertiary/aromatic N) is 2. The lowest BCUT2D eigenvalue weighted by Crippen LogP contribution is -2.57. The van der Waals surface area contributed by atoms with E-state index in [-0.39, 0.29) is 56.4 Å². The highest BCUT2D eigenvalue weighted by atomic mass is 16.6. The van der Waals surface area contributed by atoms with Gasteiger partial charge in [0.1, 0.15) is 23.7 Å². The van der Waals surface area contributed by atoms with Crippen molar-refractivity contribution in [3.63, 3.8) is 0 Å². The molecule has 5 rings (SSSR count). The first-order valence-electron chi connectivity index (χ1n) is 16.0. The number of aliphatic hydroxyl groups is 1. The van der Waals surface area contributed by atoms with E-state index in [0.29, 0.717) is 18.5 Å². The summed E-state index contributed by atoms with van der Waals surface area (Å²) in [5, 5.41) is 12.7. The van der Waals surface area contributed by atoms with Crippen molar-refractivity contribution in [1.82, 2.24) is 15.1 Å². The van der Waals surface area contributed by atoms with E-state index in [4.69, 9.17) is 14.2 Å². The molecule has 1 aromatic carbocycles. The zero-order chi connectivity index (χ0) is 32.1. The summed E-state index contributed by atoms with van der Waals surface area (Å²) in [5.74, 6) is -3.49. The molecule has 11 heteroatoms. The Morgan fingerprint density at radius 3 is 2.62 bits per heavy atom. The largest absolute Gasteiger partial charge is 0.455 e. The van der Waals surface area contributed by atoms with Gasteiger partial charge in [-0.15, -0.1) is 0 Å². The zero-order valence-electron chi connectivity index (χ0n) is 26.3. The number of hydrogen-bond donors (Lipinski definition) is 2. The first-order valence-corrected chi connectivity index (χ1v) is 16.0. The summed E-state index contributed by atoms with van der Waals surface area (Å²) in [7, 11) is 1.51. The fourth-order valence-corrected chi connectivity index (χ4v) is 7.33. The third kappa shape index (κ3) is 6.30. The van der Waals surface area contributed by atoms with Crippen LogP contribution in [0.3, 0.4) is 0 Å². The molecule has 8 atom stereocenters. The molecule has 1 spiro atoms. The minimum atomic E-state index is -1.35. The maximum atomic E-state index is 14.6. The maximum absolute atomic E-state index is 14.6. The van der Waals surface area contributed by atoms with Crippen molar-refractivity contribution in [2.24, 2.45) is 11.8 Å². The van der Waals surface area contributed by atoms with Crippen molar-refractivity contribution < 1.29 is 38.5 Å². The second-order valence-corrected chi connectivity index (χ2v) is 12.3. The van der Waals surface area contributed by atoms with E-state index in [2.05, 4.69) is 12.2 Å². The number of fused-ring (bicyclic) bond motifs is 2. The molecular weight excluding hydrogens is 578 g/mol. The van der Waals surface area contributed by atoms with Crippen LogP contribution < -0.4 is 5.32 Å². The van der Waals surface area contributed by atoms with Gasteiger partial charge in [-0.2, -0.15) is 0 Å². The molecule has 4 aliphatic rings. The summed E-state index contributed by atoms with van der Waals surface area (Å²) >= 11 is 0. The number of methoxy groups -OCH3 is 1. The minimum absolute atomic E-state index is 0.0843. The minimum Gasteiger partial charge on any atom is -0.455 e. The molecule has 0 aromatic heterocycles. The number of cyclic esters (lactones) is 1. The predicted octanol–water partition coefficient (Wildman–Crippen LogP) is 2.30. The number of likely N-dealkylation sites (tertiary alicyclic amines) is 1. The van der Waals surface area contributed by atoms with Crippen LogP contribution in [-0.2, 0) is 33.4 Å². The number of nitrogens with one attached hydrogen (secondary N) is 1. The van der Waals surface area contributed by atoms with Crippen LogP contribution >= 0.6 is 0 Å². The number of rotatable bonds is 9. The van der Waals surface area contributed by atoms with Gasteiger partial charge in [0.2, 0.25) is 17.7 Å². The molecule has 1 unspecified atom stereocenters. The van der Waals surface area contributed by atoms with Crippen molar-refractivity contribution in [3.8, 4) is 0 Å². The van der Waals surface area contributed by atoms with Gasteiger partial charge in [-0.05, 0) is 31.7 Å². The lowest BCUT2D eigenvalue weighted by molar-refractivity contribution is -0.162. The number of aliphatic hydroxyl groups excluding tert-OH is 1. The number of hydrogen-bond acceptors (Lipinski definition) is 8. The molecule has 2 fully saturated rings. The summed E-state index contributed by atoms with van der Waals surface area (Å²) in [5.41, 5.74) is -0.682. The molecule has 5 bridgehead atoms. The van der Waals surface area contributed by atoms with E-state index in [1.54, 1.807) is 17.1 Å². The lowest BCUT2D eigenvalue weighted by atomic mass is 9.74. The molecule has 244 valence electrons. The van der Waals surface area contributed by atoms with Gasteiger partial charge < -0.3 is 34.4 Å². The fraction of sp³-hybridized carbons (Fsp3) is 0.588. The van der Waals surface area contributed by atoms with Crippen LogP contribution in [-0.4, -0.2) is 102 Å². The summed E-state index contributed by atoms with van der Waals surface area (Å²) in [6.45, 7) is 4.41. The molecule has 4 heterocycles. The van der Waals surface area contributed by atoms with Crippen LogP contribution in [0.4, 0.5) is 0 Å². The predicted molar refractivity (Wildman–Crippen MR) is 164 cm³/mol. The van der Waals surface area contributed by atoms with Gasteiger partial charge >= 0.3 is 5.97 Å². The molecule has 11 nitrogen and oxygen atoms in total. The van der Waals surface area contributed by atoms with Gasteiger partial charge in [-0.3, -0.25) is 19.2 Å². The second kappa shape index (κ2) is 14.3. The molecule has 45 heavy (non-hydrogen) atoms. The highest BCUT2D eigenvalue weighted by molar-refractivity contribution is 5.99. The zero-order valence-corrected chi connectivity index (χ0v) is 26.3. The number of carbonyl (C=O) groups is 4. The third-order valence-electron chi connectivity index (χ3n) is 9.39. The summed E-state index contributed by atoms with van der Waals surface area (Å²) in [4.78, 5) is 59.4. The third-order valence-corrected chi connectivity index (χ3v) is 9.39. The van der Waals surface area contributed by atoms with E-state index in [1.165, 1.54) is 12.0 Å². The number of ether oxygens (including phenoxy) is 3. The van der Waals surface area contributed by atoms with Crippen LogP contribution in [0, 0.1) is 11.8 Å². The highest BCUT2D eigenvalue weighted by Crippen LogP contribution is 2.56. The van der Waals surface area contributed by atoms with Crippen LogP contribution in [0.25, 0.3) is 0 Å². The molecule has 1 aromatic rings. The van der Waals surface area contributed by atoms with Crippen LogP contribution in [0.5, 0.6) is 0 Å². The van der Waals surface area contributed by atoms with Gasteiger partial charge in [0.25, 0.3) is 0 Å². The second-order valence-electron chi connectivity index (χ2n) is 12.3. The molecule has 3 amide bonds. The van der Waals surface area contributed by atoms with Crippen molar-refractivity contribution in [1.29, 1.82) is 0 Å². The van der Waals surface area contributed by atoms with Crippen molar-refractivity contribution in [2.45, 2.75) is 81.9 Å². The van der Waals surface area contributed by atoms with Gasteiger partial charge in [-0.1, -0.05) is 68.0 Å². The standard InChI is InChI=1S/C34H45N3O8/c1-4-12-22(2)36-18-10-6-9-15-26(39)35-24(21-43-3)29(23-13-7-5-8-14-23)44-33(42)27-25-16-17-34(45-25)28(27)31(40)37(19-11-20-38)30(34)32(36)41/h5-8,10,13-14,16-17,22,24-25,27-30,38H,4,9,11-12,15,18-21H2,1-3H3,(H,35,39)/b10-6-/t22?,24-,25+,27-,28-,29-,30+,34-/m1/s1. The van der Waals surface area contributed by atoms with Crippen LogP contribution in [0.1, 0.15) is 57.6 Å². The molecule has 2 N–H and O–H groups in total. The van der Waals surface area contributed by atoms with Gasteiger partial charge in [-0.25, -0.2) is 0 Å². The Balaban J connectivity index is 1.59. The Bertz CT molecular complexity index is 1300. The first-order chi connectivity index (χ1) is 21.8. The normalized spacial score (nSPS) is 33.2. The van der Waals surface area contributed by atoms with E-state index in [9.17, 15) is 24.3 Å². The first kappa shape index (κ1) is 32.8. The maximum Gasteiger partial charge on any atom is 0.313 e. The summed E-state index contributed by atoms with van der Waals surface area (Å²) in [6, 6.07) is 7.29. The molecule has 0 aliphatic carbocycles. The number of amides is 3. The average Bonchev–Trinajstić information content (AvgIpc) is 3.67. The Morgan fingerprint density at radius 2 is 1.91 bits per heavy atom. The van der Waals surface area contributed by atoms with Gasteiger partial charge in [0, 0.05) is 39.3 Å². The Kier molecular flexibility index (Phi) is 10.4. The fourth-order valence-electron chi connectivity index (χ4n) is 7.33. The molecule has 0 saturated carbocycles. The van der Waals surface area contributed by atoms with Crippen molar-refractivity contribution in [2.75, 3.05) is 33.4 Å². The van der Waals surface area contributed by atoms with Crippen LogP contribution in [0.15, 0.2) is 54.6 Å². The smallest absolute Gasteiger partial charge is 0.313 e. The number of esters is 1. The van der Waals surface area contributed by atoms with Crippen LogP contribution in [0.2, 0.25) is 0 Å². The van der Waals surface area contributed by atoms with E-state index in [0.717, 1.165) is 12.8 Å². The van der Waals surface area contributed by atoms with Gasteiger partial charge in [0.15, 0.2) is 0 Å². The molecular formula is C34H45N3O8. The molecule has 4 aliphatic heterocycles. The topological polar surface area (TPSA) is 135 Å². The summed E-state index contributed by atoms with van der Waals surface area (Å²) < 4.78 is 18.2. The lowest BCUT2D eigenvalue weighted by Gasteiger charge is -2.38. The Labute approximate surface area is 264 Å². The Hall–Kier alpha value is -3.54. The molecule has 2 saturated heterocycles. The number of carbonyl (C=O) groups excluding carboxylic acids is 4. The molecule has 0 radical (unpaired) electrons. The monoisotopic (exact) mass is 623 g/mol. The van der Waals surface area contributed by atoms with E-state index >= 15 is 0 Å². The SMILES string of the molecule is CCCC(C)N1C/C=C\CCC(=O)N[C@H](COC)[C@@H](c2ccccc2)OC(=O)[C@@H]2[C@@H]3C=C[C@]4(O3)[C@H](C1=O)N(CCCO)C(=O)[C@@H]24. The van der Waals surface area contributed by atoms with Crippen molar-refractivity contribution >= 4 is 23.7 Å². The average molecular weight is 624 g/mol. The van der Waals surface area contributed by atoms with E-state index < -0.39 is 47.7 Å². The van der Waals surface area contributed by atoms with Crippen molar-refractivity contribution in [3.05, 3.63) is 60.2 Å². The highest BCUT2D eigenvalue weighted by Gasteiger charge is 2.73. The van der Waals surface area contributed by atoms with E-state index in [1.807, 2.05) is 49.4 Å².